The van der Waals surface area contributed by atoms with Crippen molar-refractivity contribution < 1.29 is 23.1 Å². The van der Waals surface area contributed by atoms with Gasteiger partial charge in [0.05, 0.1) is 18.1 Å². The maximum atomic E-state index is 12.8. The summed E-state index contributed by atoms with van der Waals surface area (Å²) >= 11 is 0. The zero-order valence-corrected chi connectivity index (χ0v) is 16.0. The summed E-state index contributed by atoms with van der Waals surface area (Å²) < 4.78 is 32.2. The molecule has 1 aromatic carbocycles. The molecule has 0 atom stereocenters. The number of H-pyrrole nitrogens is 2. The van der Waals surface area contributed by atoms with Crippen LogP contribution in [0.1, 0.15) is 13.3 Å². The van der Waals surface area contributed by atoms with Crippen molar-refractivity contribution in [3.05, 3.63) is 40.8 Å². The van der Waals surface area contributed by atoms with Crippen LogP contribution in [0.5, 0.6) is 0 Å². The summed E-state index contributed by atoms with van der Waals surface area (Å²) in [6.07, 6.45) is 1.78. The number of nitrogens with zero attached hydrogens (tertiary/aromatic N) is 1. The van der Waals surface area contributed by atoms with Gasteiger partial charge in [-0.1, -0.05) is 6.92 Å². The molecular weight excluding hydrogens is 386 g/mol. The van der Waals surface area contributed by atoms with Gasteiger partial charge in [-0.05, 0) is 30.7 Å². The lowest BCUT2D eigenvalue weighted by Gasteiger charge is -2.26. The number of carboxylic acids is 1. The van der Waals surface area contributed by atoms with E-state index in [1.165, 1.54) is 17.3 Å². The summed E-state index contributed by atoms with van der Waals surface area (Å²) in [6.45, 7) is 3.05. The number of aromatic nitrogens is 2. The molecular formula is C18H20N3O6S-. The SMILES string of the molecule is CCC(=O)[O-].O=c1[nH]c2ccc(S(=O)(=O)N3CCOCC3)cc2c2cc[nH]c12. The van der Waals surface area contributed by atoms with Gasteiger partial charge >= 0.3 is 0 Å². The number of pyridine rings is 1. The summed E-state index contributed by atoms with van der Waals surface area (Å²) in [5.74, 6) is -0.995. The second-order valence-corrected chi connectivity index (χ2v) is 8.11. The summed E-state index contributed by atoms with van der Waals surface area (Å²) in [6, 6.07) is 6.56. The molecule has 0 saturated carbocycles. The fraction of sp³-hybridized carbons (Fsp3) is 0.333. The fourth-order valence-electron chi connectivity index (χ4n) is 2.92. The van der Waals surface area contributed by atoms with Crippen LogP contribution < -0.4 is 10.7 Å². The number of ether oxygens (including phenoxy) is 1. The van der Waals surface area contributed by atoms with Crippen LogP contribution in [-0.4, -0.2) is 55.0 Å². The summed E-state index contributed by atoms with van der Waals surface area (Å²) in [5, 5.41) is 10.7. The minimum Gasteiger partial charge on any atom is -0.550 e. The summed E-state index contributed by atoms with van der Waals surface area (Å²) in [4.78, 5) is 27.1. The smallest absolute Gasteiger partial charge is 0.272 e. The Balaban J connectivity index is 0.000000403. The molecule has 0 amide bonds. The van der Waals surface area contributed by atoms with E-state index in [4.69, 9.17) is 4.74 Å². The van der Waals surface area contributed by atoms with Gasteiger partial charge in [0.1, 0.15) is 5.52 Å². The Labute approximate surface area is 161 Å². The molecule has 0 unspecified atom stereocenters. The van der Waals surface area contributed by atoms with Gasteiger partial charge in [0.15, 0.2) is 0 Å². The lowest BCUT2D eigenvalue weighted by atomic mass is 10.1. The van der Waals surface area contributed by atoms with Crippen molar-refractivity contribution in [1.82, 2.24) is 14.3 Å². The second kappa shape index (κ2) is 8.13. The number of fused-ring (bicyclic) bond motifs is 3. The topological polar surface area (TPSA) is 135 Å². The van der Waals surface area contributed by atoms with E-state index in [-0.39, 0.29) is 16.9 Å². The first-order chi connectivity index (χ1) is 13.3. The molecule has 2 N–H and O–H groups in total. The lowest BCUT2D eigenvalue weighted by molar-refractivity contribution is -0.305. The number of hydrogen-bond acceptors (Lipinski definition) is 6. The van der Waals surface area contributed by atoms with Crippen LogP contribution in [0, 0.1) is 0 Å². The Kier molecular flexibility index (Phi) is 5.82. The van der Waals surface area contributed by atoms with Crippen molar-refractivity contribution in [2.75, 3.05) is 26.3 Å². The van der Waals surface area contributed by atoms with Crippen LogP contribution in [0.4, 0.5) is 0 Å². The monoisotopic (exact) mass is 406 g/mol. The molecule has 3 heterocycles. The van der Waals surface area contributed by atoms with E-state index in [1.807, 2.05) is 0 Å². The Bertz CT molecular complexity index is 1160. The van der Waals surface area contributed by atoms with Gasteiger partial charge in [0.2, 0.25) is 10.0 Å². The minimum atomic E-state index is -3.56. The molecule has 1 aliphatic heterocycles. The number of carbonyl (C=O) groups excluding carboxylic acids is 1. The number of carboxylic acid groups (broad SMARTS) is 1. The molecule has 1 aliphatic rings. The molecule has 10 heteroatoms. The highest BCUT2D eigenvalue weighted by Gasteiger charge is 2.26. The number of benzene rings is 1. The van der Waals surface area contributed by atoms with Gasteiger partial charge in [0.25, 0.3) is 5.56 Å². The Morgan fingerprint density at radius 3 is 2.54 bits per heavy atom. The lowest BCUT2D eigenvalue weighted by Crippen LogP contribution is -2.40. The summed E-state index contributed by atoms with van der Waals surface area (Å²) in [5.41, 5.74) is 0.836. The third-order valence-corrected chi connectivity index (χ3v) is 6.29. The van der Waals surface area contributed by atoms with E-state index in [2.05, 4.69) is 9.97 Å². The molecule has 0 aliphatic carbocycles. The minimum absolute atomic E-state index is 0.111. The largest absolute Gasteiger partial charge is 0.550 e. The van der Waals surface area contributed by atoms with E-state index in [9.17, 15) is 23.1 Å². The first kappa shape index (κ1) is 20.1. The molecule has 2 aromatic heterocycles. The first-order valence-corrected chi connectivity index (χ1v) is 10.2. The maximum absolute atomic E-state index is 12.8. The van der Waals surface area contributed by atoms with E-state index in [0.717, 1.165) is 0 Å². The first-order valence-electron chi connectivity index (χ1n) is 8.75. The number of aromatic amines is 2. The van der Waals surface area contributed by atoms with Crippen molar-refractivity contribution >= 4 is 37.8 Å². The zero-order chi connectivity index (χ0) is 20.3. The van der Waals surface area contributed by atoms with Crippen LogP contribution in [-0.2, 0) is 19.6 Å². The molecule has 3 aromatic rings. The van der Waals surface area contributed by atoms with E-state index >= 15 is 0 Å². The second-order valence-electron chi connectivity index (χ2n) is 6.17. The average Bonchev–Trinajstić information content (AvgIpc) is 3.20. The van der Waals surface area contributed by atoms with Gasteiger partial charge < -0.3 is 24.6 Å². The van der Waals surface area contributed by atoms with Gasteiger partial charge in [-0.25, -0.2) is 8.42 Å². The van der Waals surface area contributed by atoms with Gasteiger partial charge in [-0.2, -0.15) is 4.31 Å². The molecule has 9 nitrogen and oxygen atoms in total. The normalized spacial score (nSPS) is 15.3. The van der Waals surface area contributed by atoms with Crippen LogP contribution in [0.25, 0.3) is 21.8 Å². The number of nitrogens with one attached hydrogen (secondary N) is 2. The van der Waals surface area contributed by atoms with Crippen LogP contribution in [0.2, 0.25) is 0 Å². The number of hydrogen-bond donors (Lipinski definition) is 2. The van der Waals surface area contributed by atoms with Crippen molar-refractivity contribution in [3.8, 4) is 0 Å². The zero-order valence-electron chi connectivity index (χ0n) is 15.2. The van der Waals surface area contributed by atoms with Crippen LogP contribution >= 0.6 is 0 Å². The van der Waals surface area contributed by atoms with Crippen molar-refractivity contribution in [2.24, 2.45) is 0 Å². The highest BCUT2D eigenvalue weighted by atomic mass is 32.2. The van der Waals surface area contributed by atoms with E-state index in [0.29, 0.717) is 48.1 Å². The van der Waals surface area contributed by atoms with Crippen molar-refractivity contribution in [2.45, 2.75) is 18.2 Å². The van der Waals surface area contributed by atoms with Crippen molar-refractivity contribution in [1.29, 1.82) is 0 Å². The Morgan fingerprint density at radius 2 is 1.89 bits per heavy atom. The quantitative estimate of drug-likeness (QED) is 0.637. The van der Waals surface area contributed by atoms with Crippen molar-refractivity contribution in [3.63, 3.8) is 0 Å². The molecule has 0 radical (unpaired) electrons. The molecule has 1 fully saturated rings. The third kappa shape index (κ3) is 3.93. The number of sulfonamides is 1. The van der Waals surface area contributed by atoms with Gasteiger partial charge in [-0.15, -0.1) is 0 Å². The number of rotatable bonds is 3. The molecule has 4 rings (SSSR count). The average molecular weight is 406 g/mol. The number of aliphatic carboxylic acids is 1. The van der Waals surface area contributed by atoms with E-state index in [1.54, 1.807) is 24.4 Å². The predicted octanol–water partition coefficient (Wildman–Crippen LogP) is 0.177. The summed E-state index contributed by atoms with van der Waals surface area (Å²) in [7, 11) is -3.56. The maximum Gasteiger partial charge on any atom is 0.272 e. The fourth-order valence-corrected chi connectivity index (χ4v) is 4.35. The van der Waals surface area contributed by atoms with E-state index < -0.39 is 16.0 Å². The third-order valence-electron chi connectivity index (χ3n) is 4.40. The molecule has 150 valence electrons. The molecule has 0 bridgehead atoms. The molecule has 28 heavy (non-hydrogen) atoms. The Morgan fingerprint density at radius 1 is 1.21 bits per heavy atom. The number of morpholine rings is 1. The van der Waals surface area contributed by atoms with Crippen LogP contribution in [0.3, 0.4) is 0 Å². The predicted molar refractivity (Wildman–Crippen MR) is 101 cm³/mol. The Hall–Kier alpha value is -2.69. The van der Waals surface area contributed by atoms with Gasteiger partial charge in [0, 0.05) is 41.5 Å². The van der Waals surface area contributed by atoms with Gasteiger partial charge in [-0.3, -0.25) is 4.79 Å². The highest BCUT2D eigenvalue weighted by molar-refractivity contribution is 7.89. The molecule has 1 saturated heterocycles. The highest BCUT2D eigenvalue weighted by Crippen LogP contribution is 2.25. The molecule has 0 spiro atoms. The standard InChI is InChI=1S/C15H15N3O4S.C3H6O2/c19-15-14-11(3-4-16-14)12-9-10(1-2-13(12)17-15)23(20,21)18-5-7-22-8-6-18;1-2-3(4)5/h1-4,9,16H,5-8H2,(H,17,19);2H2,1H3,(H,4,5)/p-1. The van der Waals surface area contributed by atoms with Crippen LogP contribution in [0.15, 0.2) is 40.2 Å². The number of carbonyl (C=O) groups is 1.